The van der Waals surface area contributed by atoms with Gasteiger partial charge in [-0.05, 0) is 38.1 Å². The van der Waals surface area contributed by atoms with Crippen molar-refractivity contribution in [1.82, 2.24) is 9.62 Å². The fourth-order valence-electron chi connectivity index (χ4n) is 2.07. The lowest BCUT2D eigenvalue weighted by atomic mass is 10.3. The van der Waals surface area contributed by atoms with Crippen LogP contribution >= 0.6 is 0 Å². The summed E-state index contributed by atoms with van der Waals surface area (Å²) in [6.45, 7) is 11.7. The SMILES string of the molecule is C=CCN(CC=C)C(=O)C(C)NS(=O)(=O)c1ccc(OCC)cc1. The normalized spacial score (nSPS) is 12.2. The van der Waals surface area contributed by atoms with Crippen LogP contribution in [0.2, 0.25) is 0 Å². The molecule has 1 rings (SSSR count). The van der Waals surface area contributed by atoms with E-state index in [0.29, 0.717) is 25.4 Å². The van der Waals surface area contributed by atoms with Crippen molar-refractivity contribution in [2.75, 3.05) is 19.7 Å². The van der Waals surface area contributed by atoms with Gasteiger partial charge in [0.1, 0.15) is 5.75 Å². The van der Waals surface area contributed by atoms with Gasteiger partial charge in [-0.3, -0.25) is 4.79 Å². The van der Waals surface area contributed by atoms with E-state index in [1.807, 2.05) is 6.92 Å². The second kappa shape index (κ2) is 9.24. The number of nitrogens with one attached hydrogen (secondary N) is 1. The van der Waals surface area contributed by atoms with Gasteiger partial charge in [-0.15, -0.1) is 13.2 Å². The number of hydrogen-bond acceptors (Lipinski definition) is 4. The van der Waals surface area contributed by atoms with Gasteiger partial charge in [0.2, 0.25) is 15.9 Å². The fourth-order valence-corrected chi connectivity index (χ4v) is 3.27. The van der Waals surface area contributed by atoms with E-state index >= 15 is 0 Å². The molecule has 1 unspecified atom stereocenters. The van der Waals surface area contributed by atoms with Crippen LogP contribution in [0.1, 0.15) is 13.8 Å². The molecule has 0 aliphatic rings. The first kappa shape index (κ1) is 19.9. The zero-order chi connectivity index (χ0) is 18.2. The molecule has 1 aromatic carbocycles. The van der Waals surface area contributed by atoms with Gasteiger partial charge in [-0.2, -0.15) is 4.72 Å². The topological polar surface area (TPSA) is 75.7 Å². The molecule has 0 saturated carbocycles. The molecular formula is C17H24N2O4S. The van der Waals surface area contributed by atoms with Gasteiger partial charge < -0.3 is 9.64 Å². The minimum absolute atomic E-state index is 0.0737. The molecule has 0 heterocycles. The van der Waals surface area contributed by atoms with Crippen LogP contribution in [0.15, 0.2) is 54.5 Å². The predicted octanol–water partition coefficient (Wildman–Crippen LogP) is 1.95. The molecule has 0 fully saturated rings. The Morgan fingerprint density at radius 2 is 1.79 bits per heavy atom. The van der Waals surface area contributed by atoms with Gasteiger partial charge in [-0.25, -0.2) is 8.42 Å². The second-order valence-electron chi connectivity index (χ2n) is 5.07. The Balaban J connectivity index is 2.86. The van der Waals surface area contributed by atoms with Gasteiger partial charge in [0.15, 0.2) is 0 Å². The Morgan fingerprint density at radius 3 is 2.25 bits per heavy atom. The lowest BCUT2D eigenvalue weighted by Crippen LogP contribution is -2.47. The average molecular weight is 352 g/mol. The highest BCUT2D eigenvalue weighted by atomic mass is 32.2. The van der Waals surface area contributed by atoms with Crippen LogP contribution in [0, 0.1) is 0 Å². The highest BCUT2D eigenvalue weighted by molar-refractivity contribution is 7.89. The molecule has 0 aliphatic carbocycles. The summed E-state index contributed by atoms with van der Waals surface area (Å²) >= 11 is 0. The van der Waals surface area contributed by atoms with Crippen molar-refractivity contribution in [3.05, 3.63) is 49.6 Å². The van der Waals surface area contributed by atoms with Crippen molar-refractivity contribution in [2.24, 2.45) is 0 Å². The summed E-state index contributed by atoms with van der Waals surface area (Å²) in [5, 5.41) is 0. The van der Waals surface area contributed by atoms with E-state index in [-0.39, 0.29) is 10.8 Å². The molecule has 1 amide bonds. The smallest absolute Gasteiger partial charge is 0.241 e. The molecule has 0 radical (unpaired) electrons. The van der Waals surface area contributed by atoms with E-state index in [9.17, 15) is 13.2 Å². The molecule has 0 spiro atoms. The summed E-state index contributed by atoms with van der Waals surface area (Å²) in [6.07, 6.45) is 3.16. The average Bonchev–Trinajstić information content (AvgIpc) is 2.54. The van der Waals surface area contributed by atoms with Gasteiger partial charge >= 0.3 is 0 Å². The molecule has 6 nitrogen and oxygen atoms in total. The maximum Gasteiger partial charge on any atom is 0.241 e. The van der Waals surface area contributed by atoms with E-state index in [0.717, 1.165) is 0 Å². The number of carbonyl (C=O) groups is 1. The minimum Gasteiger partial charge on any atom is -0.494 e. The molecule has 0 aromatic heterocycles. The Labute approximate surface area is 143 Å². The molecule has 1 atom stereocenters. The molecular weight excluding hydrogens is 328 g/mol. The van der Waals surface area contributed by atoms with Crippen molar-refractivity contribution in [3.63, 3.8) is 0 Å². The quantitative estimate of drug-likeness (QED) is 0.653. The first-order valence-corrected chi connectivity index (χ1v) is 9.09. The Hall–Kier alpha value is -2.12. The van der Waals surface area contributed by atoms with E-state index in [1.54, 1.807) is 24.3 Å². The lowest BCUT2D eigenvalue weighted by molar-refractivity contribution is -0.131. The van der Waals surface area contributed by atoms with Crippen molar-refractivity contribution in [1.29, 1.82) is 0 Å². The zero-order valence-corrected chi connectivity index (χ0v) is 14.9. The summed E-state index contributed by atoms with van der Waals surface area (Å²) in [5.41, 5.74) is 0. The van der Waals surface area contributed by atoms with Crippen LogP contribution in [0.3, 0.4) is 0 Å². The standard InChI is InChI=1S/C17H24N2O4S/c1-5-12-19(13-6-2)17(20)14(4)18-24(21,22)16-10-8-15(9-11-16)23-7-3/h5-6,8-11,14,18H,1-2,7,12-13H2,3-4H3. The summed E-state index contributed by atoms with van der Waals surface area (Å²) < 4.78 is 32.5. The van der Waals surface area contributed by atoms with E-state index in [2.05, 4.69) is 17.9 Å². The Kier molecular flexibility index (Phi) is 7.67. The van der Waals surface area contributed by atoms with Crippen molar-refractivity contribution in [3.8, 4) is 5.75 Å². The van der Waals surface area contributed by atoms with Crippen LogP contribution in [-0.2, 0) is 14.8 Å². The van der Waals surface area contributed by atoms with E-state index in [4.69, 9.17) is 4.74 Å². The molecule has 1 N–H and O–H groups in total. The molecule has 1 aromatic rings. The van der Waals surface area contributed by atoms with Crippen LogP contribution in [-0.4, -0.2) is 45.0 Å². The molecule has 24 heavy (non-hydrogen) atoms. The Morgan fingerprint density at radius 1 is 1.25 bits per heavy atom. The van der Waals surface area contributed by atoms with Crippen LogP contribution in [0.4, 0.5) is 0 Å². The van der Waals surface area contributed by atoms with Gasteiger partial charge in [0, 0.05) is 13.1 Å². The number of rotatable bonds is 10. The van der Waals surface area contributed by atoms with Crippen LogP contribution in [0.5, 0.6) is 5.75 Å². The highest BCUT2D eigenvalue weighted by Gasteiger charge is 2.25. The molecule has 0 saturated heterocycles. The van der Waals surface area contributed by atoms with E-state index in [1.165, 1.54) is 24.0 Å². The lowest BCUT2D eigenvalue weighted by Gasteiger charge is -2.23. The molecule has 0 bridgehead atoms. The first-order valence-electron chi connectivity index (χ1n) is 7.61. The number of nitrogens with zero attached hydrogens (tertiary/aromatic N) is 1. The monoisotopic (exact) mass is 352 g/mol. The van der Waals surface area contributed by atoms with Gasteiger partial charge in [0.05, 0.1) is 17.5 Å². The maximum absolute atomic E-state index is 12.4. The zero-order valence-electron chi connectivity index (χ0n) is 14.1. The number of hydrogen-bond donors (Lipinski definition) is 1. The third-order valence-electron chi connectivity index (χ3n) is 3.16. The molecule has 0 aliphatic heterocycles. The third-order valence-corrected chi connectivity index (χ3v) is 4.71. The summed E-state index contributed by atoms with van der Waals surface area (Å²) in [6, 6.07) is 5.13. The second-order valence-corrected chi connectivity index (χ2v) is 6.78. The number of amides is 1. The number of carbonyl (C=O) groups excluding carboxylic acids is 1. The number of benzene rings is 1. The summed E-state index contributed by atoms with van der Waals surface area (Å²) in [7, 11) is -3.80. The predicted molar refractivity (Wildman–Crippen MR) is 94.4 cm³/mol. The minimum atomic E-state index is -3.80. The van der Waals surface area contributed by atoms with Crippen molar-refractivity contribution < 1.29 is 17.9 Å². The molecule has 132 valence electrons. The van der Waals surface area contributed by atoms with Crippen LogP contribution < -0.4 is 9.46 Å². The molecule has 7 heteroatoms. The summed E-state index contributed by atoms with van der Waals surface area (Å²) in [5.74, 6) is 0.244. The largest absolute Gasteiger partial charge is 0.494 e. The van der Waals surface area contributed by atoms with E-state index < -0.39 is 16.1 Å². The highest BCUT2D eigenvalue weighted by Crippen LogP contribution is 2.16. The van der Waals surface area contributed by atoms with Crippen molar-refractivity contribution >= 4 is 15.9 Å². The third kappa shape index (κ3) is 5.50. The maximum atomic E-state index is 12.4. The van der Waals surface area contributed by atoms with Crippen molar-refractivity contribution in [2.45, 2.75) is 24.8 Å². The summed E-state index contributed by atoms with van der Waals surface area (Å²) in [4.78, 5) is 13.9. The number of sulfonamides is 1. The Bertz CT molecular complexity index is 658. The van der Waals surface area contributed by atoms with Crippen LogP contribution in [0.25, 0.3) is 0 Å². The first-order chi connectivity index (χ1) is 11.4. The number of ether oxygens (including phenoxy) is 1. The van der Waals surface area contributed by atoms with Gasteiger partial charge in [0.25, 0.3) is 0 Å². The van der Waals surface area contributed by atoms with Gasteiger partial charge in [-0.1, -0.05) is 12.2 Å². The fraction of sp³-hybridized carbons (Fsp3) is 0.353.